The molecule has 0 fully saturated rings. The summed E-state index contributed by atoms with van der Waals surface area (Å²) < 4.78 is 10.5. The van der Waals surface area contributed by atoms with Gasteiger partial charge in [0.25, 0.3) is 0 Å². The molecule has 0 unspecified atom stereocenters. The van der Waals surface area contributed by atoms with Crippen molar-refractivity contribution in [2.24, 2.45) is 0 Å². The first-order chi connectivity index (χ1) is 8.20. The molecule has 17 heavy (non-hydrogen) atoms. The van der Waals surface area contributed by atoms with Crippen molar-refractivity contribution in [3.63, 3.8) is 0 Å². The van der Waals surface area contributed by atoms with E-state index in [0.29, 0.717) is 22.4 Å². The van der Waals surface area contributed by atoms with Crippen LogP contribution in [-0.4, -0.2) is 22.3 Å². The maximum atomic E-state index is 9.50. The Morgan fingerprint density at radius 1 is 1.18 bits per heavy atom. The number of phenolic OH excluding ortho intramolecular Hbond substituents is 2. The number of ether oxygens (including phenoxy) is 1. The van der Waals surface area contributed by atoms with Crippen LogP contribution in [0.25, 0.3) is 22.0 Å². The van der Waals surface area contributed by atoms with Gasteiger partial charge in [-0.15, -0.1) is 0 Å². The lowest BCUT2D eigenvalue weighted by atomic mass is 10.1. The molecule has 1 aromatic carbocycles. The number of fused-ring (bicyclic) bond motifs is 2. The average molecular weight is 231 g/mol. The van der Waals surface area contributed by atoms with E-state index in [1.54, 1.807) is 6.07 Å². The molecule has 0 bridgehead atoms. The number of hydrogen-bond donors (Lipinski definition) is 2. The average Bonchev–Trinajstić information content (AvgIpc) is 2.75. The smallest absolute Gasteiger partial charge is 0.230 e. The van der Waals surface area contributed by atoms with Crippen LogP contribution in [0.3, 0.4) is 0 Å². The van der Waals surface area contributed by atoms with E-state index >= 15 is 0 Å². The third-order valence-corrected chi connectivity index (χ3v) is 2.65. The summed E-state index contributed by atoms with van der Waals surface area (Å²) in [5, 5.41) is 20.3. The molecule has 0 aliphatic rings. The zero-order chi connectivity index (χ0) is 12.0. The summed E-state index contributed by atoms with van der Waals surface area (Å²) in [7, 11) is 1.53. The number of methoxy groups -OCH3 is 1. The van der Waals surface area contributed by atoms with Crippen molar-refractivity contribution in [3.05, 3.63) is 24.5 Å². The summed E-state index contributed by atoms with van der Waals surface area (Å²) in [6.07, 6.45) is 1.51. The molecule has 86 valence electrons. The van der Waals surface area contributed by atoms with Gasteiger partial charge in [0, 0.05) is 11.5 Å². The normalized spacial score (nSPS) is 11.1. The van der Waals surface area contributed by atoms with Crippen molar-refractivity contribution >= 4 is 22.0 Å². The van der Waals surface area contributed by atoms with Crippen molar-refractivity contribution in [2.45, 2.75) is 0 Å². The highest BCUT2D eigenvalue weighted by Gasteiger charge is 2.14. The van der Waals surface area contributed by atoms with Crippen LogP contribution in [0.5, 0.6) is 17.2 Å². The van der Waals surface area contributed by atoms with Gasteiger partial charge in [-0.05, 0) is 12.1 Å². The summed E-state index contributed by atoms with van der Waals surface area (Å²) in [6.45, 7) is 0. The van der Waals surface area contributed by atoms with Gasteiger partial charge in [0.1, 0.15) is 5.75 Å². The highest BCUT2D eigenvalue weighted by molar-refractivity contribution is 6.00. The predicted molar refractivity (Wildman–Crippen MR) is 61.4 cm³/mol. The molecule has 2 aromatic heterocycles. The maximum Gasteiger partial charge on any atom is 0.230 e. The van der Waals surface area contributed by atoms with Crippen molar-refractivity contribution in [3.8, 4) is 17.2 Å². The Balaban J connectivity index is 2.54. The molecule has 0 radical (unpaired) electrons. The second-order valence-corrected chi connectivity index (χ2v) is 3.64. The Morgan fingerprint density at radius 3 is 2.71 bits per heavy atom. The summed E-state index contributed by atoms with van der Waals surface area (Å²) in [6, 6.07) is 4.53. The van der Waals surface area contributed by atoms with Crippen molar-refractivity contribution in [2.75, 3.05) is 7.11 Å². The molecule has 0 saturated heterocycles. The van der Waals surface area contributed by atoms with Crippen LogP contribution in [0, 0.1) is 0 Å². The number of aromatic nitrogens is 1. The van der Waals surface area contributed by atoms with Crippen molar-refractivity contribution in [1.82, 2.24) is 4.98 Å². The quantitative estimate of drug-likeness (QED) is 0.629. The number of furan rings is 1. The molecule has 0 saturated carbocycles. The second-order valence-electron chi connectivity index (χ2n) is 3.64. The van der Waals surface area contributed by atoms with Gasteiger partial charge in [-0.3, -0.25) is 0 Å². The highest BCUT2D eigenvalue weighted by Crippen LogP contribution is 2.38. The highest BCUT2D eigenvalue weighted by atomic mass is 16.5. The molecule has 0 aliphatic carbocycles. The molecule has 5 heteroatoms. The van der Waals surface area contributed by atoms with Crippen LogP contribution in [0.4, 0.5) is 0 Å². The van der Waals surface area contributed by atoms with Gasteiger partial charge in [-0.1, -0.05) is 0 Å². The summed E-state index contributed by atoms with van der Waals surface area (Å²) >= 11 is 0. The van der Waals surface area contributed by atoms with Gasteiger partial charge in [-0.25, -0.2) is 4.98 Å². The lowest BCUT2D eigenvalue weighted by Gasteiger charge is -2.07. The van der Waals surface area contributed by atoms with E-state index in [2.05, 4.69) is 4.98 Å². The van der Waals surface area contributed by atoms with E-state index in [0.717, 1.165) is 5.39 Å². The minimum atomic E-state index is -0.224. The van der Waals surface area contributed by atoms with Gasteiger partial charge in [0.05, 0.1) is 24.3 Å². The second kappa shape index (κ2) is 3.28. The number of rotatable bonds is 1. The molecular weight excluding hydrogens is 222 g/mol. The summed E-state index contributed by atoms with van der Waals surface area (Å²) in [4.78, 5) is 4.23. The van der Waals surface area contributed by atoms with E-state index in [4.69, 9.17) is 9.15 Å². The fraction of sp³-hybridized carbons (Fsp3) is 0.0833. The van der Waals surface area contributed by atoms with Crippen LogP contribution >= 0.6 is 0 Å². The molecule has 3 rings (SSSR count). The first-order valence-electron chi connectivity index (χ1n) is 4.97. The first kappa shape index (κ1) is 9.77. The molecule has 3 aromatic rings. The SMILES string of the molecule is COc1c2cc(O)c(O)cc2nc2occc12. The van der Waals surface area contributed by atoms with Gasteiger partial charge < -0.3 is 19.4 Å². The Morgan fingerprint density at radius 2 is 1.94 bits per heavy atom. The minimum Gasteiger partial charge on any atom is -0.504 e. The maximum absolute atomic E-state index is 9.50. The summed E-state index contributed by atoms with van der Waals surface area (Å²) in [5.74, 6) is 0.132. The fourth-order valence-electron chi connectivity index (χ4n) is 1.88. The van der Waals surface area contributed by atoms with Gasteiger partial charge in [0.15, 0.2) is 11.5 Å². The van der Waals surface area contributed by atoms with E-state index in [-0.39, 0.29) is 11.5 Å². The molecule has 2 N–H and O–H groups in total. The number of nitrogens with zero attached hydrogens (tertiary/aromatic N) is 1. The summed E-state index contributed by atoms with van der Waals surface area (Å²) in [5.41, 5.74) is 0.930. The number of benzene rings is 1. The Bertz CT molecular complexity index is 717. The monoisotopic (exact) mass is 231 g/mol. The Labute approximate surface area is 95.9 Å². The zero-order valence-electron chi connectivity index (χ0n) is 8.97. The molecule has 0 atom stereocenters. The molecule has 0 spiro atoms. The van der Waals surface area contributed by atoms with E-state index < -0.39 is 0 Å². The van der Waals surface area contributed by atoms with Crippen LogP contribution in [-0.2, 0) is 0 Å². The minimum absolute atomic E-state index is 0.208. The van der Waals surface area contributed by atoms with Crippen LogP contribution in [0.1, 0.15) is 0 Å². The first-order valence-corrected chi connectivity index (χ1v) is 4.97. The van der Waals surface area contributed by atoms with Gasteiger partial charge in [0.2, 0.25) is 5.71 Å². The lowest BCUT2D eigenvalue weighted by molar-refractivity contribution is 0.403. The van der Waals surface area contributed by atoms with E-state index in [1.807, 2.05) is 0 Å². The molecule has 5 nitrogen and oxygen atoms in total. The topological polar surface area (TPSA) is 75.7 Å². The van der Waals surface area contributed by atoms with Gasteiger partial charge in [-0.2, -0.15) is 0 Å². The lowest BCUT2D eigenvalue weighted by Crippen LogP contribution is -1.88. The molecule has 0 amide bonds. The largest absolute Gasteiger partial charge is 0.504 e. The Hall–Kier alpha value is -2.43. The number of phenols is 2. The third kappa shape index (κ3) is 1.29. The fourth-order valence-corrected chi connectivity index (χ4v) is 1.88. The zero-order valence-corrected chi connectivity index (χ0v) is 8.97. The van der Waals surface area contributed by atoms with Gasteiger partial charge >= 0.3 is 0 Å². The number of hydrogen-bond acceptors (Lipinski definition) is 5. The van der Waals surface area contributed by atoms with Crippen molar-refractivity contribution in [1.29, 1.82) is 0 Å². The standard InChI is InChI=1S/C12H9NO4/c1-16-11-6-2-3-17-12(6)13-8-5-10(15)9(14)4-7(8)11/h2-5,14-15H,1H3. The van der Waals surface area contributed by atoms with Crippen LogP contribution in [0.15, 0.2) is 28.9 Å². The van der Waals surface area contributed by atoms with E-state index in [1.165, 1.54) is 25.5 Å². The predicted octanol–water partition coefficient (Wildman–Crippen LogP) is 2.40. The van der Waals surface area contributed by atoms with E-state index in [9.17, 15) is 10.2 Å². The van der Waals surface area contributed by atoms with Crippen molar-refractivity contribution < 1.29 is 19.4 Å². The van der Waals surface area contributed by atoms with Crippen LogP contribution in [0.2, 0.25) is 0 Å². The number of pyridine rings is 1. The van der Waals surface area contributed by atoms with Crippen LogP contribution < -0.4 is 4.74 Å². The molecule has 0 aliphatic heterocycles. The molecule has 2 heterocycles. The number of aromatic hydroxyl groups is 2. The third-order valence-electron chi connectivity index (χ3n) is 2.65. The molecular formula is C12H9NO4. The Kier molecular flexibility index (Phi) is 1.89.